The summed E-state index contributed by atoms with van der Waals surface area (Å²) in [5.41, 5.74) is 2.21. The molecule has 2 nitrogen and oxygen atoms in total. The van der Waals surface area contributed by atoms with Gasteiger partial charge >= 0.3 is 0 Å². The highest BCUT2D eigenvalue weighted by molar-refractivity contribution is 6.29. The summed E-state index contributed by atoms with van der Waals surface area (Å²) in [6.07, 6.45) is 2.71. The van der Waals surface area contributed by atoms with Gasteiger partial charge in [-0.3, -0.25) is 0 Å². The number of nitrogens with one attached hydrogen (secondary N) is 1. The van der Waals surface area contributed by atoms with Crippen LogP contribution in [-0.4, -0.2) is 6.54 Å². The molecule has 0 fully saturated rings. The lowest BCUT2D eigenvalue weighted by molar-refractivity contribution is 0.551. The predicted molar refractivity (Wildman–Crippen MR) is 87.8 cm³/mol. The van der Waals surface area contributed by atoms with Crippen molar-refractivity contribution in [2.45, 2.75) is 19.4 Å². The van der Waals surface area contributed by atoms with E-state index in [2.05, 4.69) is 54.7 Å². The third kappa shape index (κ3) is 2.82. The Hall–Kier alpha value is -1.77. The molecule has 3 rings (SSSR count). The molecule has 0 aliphatic heterocycles. The fourth-order valence-electron chi connectivity index (χ4n) is 2.69. The monoisotopic (exact) mass is 299 g/mol. The maximum absolute atomic E-state index is 6.21. The van der Waals surface area contributed by atoms with Crippen LogP contribution in [0.15, 0.2) is 59.2 Å². The average Bonchev–Trinajstić information content (AvgIpc) is 2.94. The third-order valence-electron chi connectivity index (χ3n) is 3.69. The molecule has 0 radical (unpaired) electrons. The Bertz CT molecular complexity index is 729. The first-order valence-electron chi connectivity index (χ1n) is 7.25. The number of furan rings is 1. The van der Waals surface area contributed by atoms with E-state index in [1.807, 2.05) is 6.07 Å². The minimum atomic E-state index is 0.0438. The van der Waals surface area contributed by atoms with Crippen molar-refractivity contribution in [2.75, 3.05) is 6.54 Å². The average molecular weight is 300 g/mol. The number of hydrogen-bond donors (Lipinski definition) is 1. The Morgan fingerprint density at radius 2 is 1.86 bits per heavy atom. The molecule has 1 aromatic heterocycles. The number of benzene rings is 2. The first-order valence-corrected chi connectivity index (χ1v) is 7.63. The van der Waals surface area contributed by atoms with E-state index < -0.39 is 0 Å². The van der Waals surface area contributed by atoms with Crippen molar-refractivity contribution in [3.8, 4) is 0 Å². The lowest BCUT2D eigenvalue weighted by Crippen LogP contribution is -2.23. The van der Waals surface area contributed by atoms with Gasteiger partial charge in [0.15, 0.2) is 5.22 Å². The summed E-state index contributed by atoms with van der Waals surface area (Å²) in [5, 5.41) is 6.51. The summed E-state index contributed by atoms with van der Waals surface area (Å²) in [4.78, 5) is 0. The van der Waals surface area contributed by atoms with E-state index in [1.54, 1.807) is 6.26 Å². The molecule has 21 heavy (non-hydrogen) atoms. The van der Waals surface area contributed by atoms with Crippen LogP contribution in [0.2, 0.25) is 5.22 Å². The van der Waals surface area contributed by atoms with E-state index >= 15 is 0 Å². The number of hydrogen-bond acceptors (Lipinski definition) is 2. The quantitative estimate of drug-likeness (QED) is 0.702. The summed E-state index contributed by atoms with van der Waals surface area (Å²) >= 11 is 6.21. The highest BCUT2D eigenvalue weighted by Crippen LogP contribution is 2.33. The lowest BCUT2D eigenvalue weighted by atomic mass is 9.95. The van der Waals surface area contributed by atoms with Crippen LogP contribution in [-0.2, 0) is 0 Å². The summed E-state index contributed by atoms with van der Waals surface area (Å²) < 4.78 is 5.28. The zero-order chi connectivity index (χ0) is 14.7. The maximum atomic E-state index is 6.21. The molecule has 0 saturated carbocycles. The topological polar surface area (TPSA) is 25.2 Å². The van der Waals surface area contributed by atoms with E-state index in [0.29, 0.717) is 5.22 Å². The Morgan fingerprint density at radius 1 is 1.05 bits per heavy atom. The Labute approximate surface area is 129 Å². The van der Waals surface area contributed by atoms with Gasteiger partial charge < -0.3 is 9.73 Å². The van der Waals surface area contributed by atoms with Gasteiger partial charge in [0.1, 0.15) is 0 Å². The first kappa shape index (κ1) is 14.2. The second-order valence-corrected chi connectivity index (χ2v) is 5.45. The molecule has 1 heterocycles. The van der Waals surface area contributed by atoms with Crippen molar-refractivity contribution in [1.29, 1.82) is 0 Å². The molecule has 2 aromatic carbocycles. The van der Waals surface area contributed by atoms with E-state index in [1.165, 1.54) is 16.3 Å². The van der Waals surface area contributed by atoms with Crippen molar-refractivity contribution in [2.24, 2.45) is 0 Å². The van der Waals surface area contributed by atoms with Gasteiger partial charge in [-0.05, 0) is 47.0 Å². The van der Waals surface area contributed by atoms with E-state index in [9.17, 15) is 0 Å². The van der Waals surface area contributed by atoms with E-state index in [0.717, 1.165) is 18.5 Å². The number of fused-ring (bicyclic) bond motifs is 1. The van der Waals surface area contributed by atoms with Crippen molar-refractivity contribution in [1.82, 2.24) is 5.32 Å². The SMILES string of the molecule is CCCNC(c1ccoc1Cl)c1cccc2ccccc12. The number of rotatable bonds is 5. The fraction of sp³-hybridized carbons (Fsp3) is 0.222. The standard InChI is InChI=1S/C18H18ClNO/c1-2-11-20-17(16-10-12-21-18(16)19)15-9-5-7-13-6-3-4-8-14(13)15/h3-10,12,17,20H,2,11H2,1H3. The van der Waals surface area contributed by atoms with Gasteiger partial charge in [-0.1, -0.05) is 49.4 Å². The van der Waals surface area contributed by atoms with Crippen molar-refractivity contribution >= 4 is 22.4 Å². The molecule has 0 bridgehead atoms. The van der Waals surface area contributed by atoms with Gasteiger partial charge in [-0.2, -0.15) is 0 Å². The smallest absolute Gasteiger partial charge is 0.198 e. The minimum absolute atomic E-state index is 0.0438. The van der Waals surface area contributed by atoms with Crippen molar-refractivity contribution < 1.29 is 4.42 Å². The molecular weight excluding hydrogens is 282 g/mol. The highest BCUT2D eigenvalue weighted by Gasteiger charge is 2.20. The van der Waals surface area contributed by atoms with Gasteiger partial charge in [-0.25, -0.2) is 0 Å². The van der Waals surface area contributed by atoms with Crippen LogP contribution in [0.4, 0.5) is 0 Å². The van der Waals surface area contributed by atoms with Gasteiger partial charge in [0.2, 0.25) is 0 Å². The fourth-order valence-corrected chi connectivity index (χ4v) is 2.91. The maximum Gasteiger partial charge on any atom is 0.198 e. The van der Waals surface area contributed by atoms with Gasteiger partial charge in [-0.15, -0.1) is 0 Å². The molecule has 3 heteroatoms. The van der Waals surface area contributed by atoms with Crippen LogP contribution in [0.5, 0.6) is 0 Å². The zero-order valence-electron chi connectivity index (χ0n) is 12.0. The van der Waals surface area contributed by atoms with Crippen molar-refractivity contribution in [3.05, 3.63) is 71.1 Å². The summed E-state index contributed by atoms with van der Waals surface area (Å²) in [7, 11) is 0. The molecule has 3 aromatic rings. The molecule has 0 saturated heterocycles. The normalized spacial score (nSPS) is 12.7. The van der Waals surface area contributed by atoms with E-state index in [4.69, 9.17) is 16.0 Å². The van der Waals surface area contributed by atoms with Gasteiger partial charge in [0, 0.05) is 5.56 Å². The second kappa shape index (κ2) is 6.33. The van der Waals surface area contributed by atoms with Gasteiger partial charge in [0.05, 0.1) is 12.3 Å². The second-order valence-electron chi connectivity index (χ2n) is 5.11. The molecular formula is C18H18ClNO. The first-order chi connectivity index (χ1) is 10.3. The van der Waals surface area contributed by atoms with Crippen LogP contribution in [0, 0.1) is 0 Å². The molecule has 1 N–H and O–H groups in total. The van der Waals surface area contributed by atoms with Crippen LogP contribution in [0.1, 0.15) is 30.5 Å². The third-order valence-corrected chi connectivity index (χ3v) is 4.00. The van der Waals surface area contributed by atoms with Crippen LogP contribution >= 0.6 is 11.6 Å². The molecule has 1 unspecified atom stereocenters. The Balaban J connectivity index is 2.12. The number of halogens is 1. The predicted octanol–water partition coefficient (Wildman–Crippen LogP) is 5.18. The highest BCUT2D eigenvalue weighted by atomic mass is 35.5. The van der Waals surface area contributed by atoms with E-state index in [-0.39, 0.29) is 6.04 Å². The summed E-state index contributed by atoms with van der Waals surface area (Å²) in [6.45, 7) is 3.08. The molecule has 0 aliphatic carbocycles. The Kier molecular flexibility index (Phi) is 4.28. The summed E-state index contributed by atoms with van der Waals surface area (Å²) in [5.74, 6) is 0. The summed E-state index contributed by atoms with van der Waals surface area (Å²) in [6, 6.07) is 16.8. The minimum Gasteiger partial charge on any atom is -0.453 e. The molecule has 0 aliphatic rings. The zero-order valence-corrected chi connectivity index (χ0v) is 12.7. The largest absolute Gasteiger partial charge is 0.453 e. The molecule has 0 amide bonds. The Morgan fingerprint density at radius 3 is 2.62 bits per heavy atom. The van der Waals surface area contributed by atoms with Crippen molar-refractivity contribution in [3.63, 3.8) is 0 Å². The molecule has 108 valence electrons. The molecule has 0 spiro atoms. The van der Waals surface area contributed by atoms with Gasteiger partial charge in [0.25, 0.3) is 0 Å². The van der Waals surface area contributed by atoms with Crippen LogP contribution < -0.4 is 5.32 Å². The van der Waals surface area contributed by atoms with Crippen LogP contribution in [0.3, 0.4) is 0 Å². The lowest BCUT2D eigenvalue weighted by Gasteiger charge is -2.20. The molecule has 1 atom stereocenters. The van der Waals surface area contributed by atoms with Crippen LogP contribution in [0.25, 0.3) is 10.8 Å².